The Kier molecular flexibility index (Phi) is 6.99. The molecular formula is C27H22ClFN6O4. The molecule has 3 heterocycles. The van der Waals surface area contributed by atoms with Gasteiger partial charge in [0.25, 0.3) is 5.91 Å². The summed E-state index contributed by atoms with van der Waals surface area (Å²) in [6, 6.07) is 11.6. The van der Waals surface area contributed by atoms with Gasteiger partial charge in [-0.3, -0.25) is 10.1 Å². The average Bonchev–Trinajstić information content (AvgIpc) is 3.29. The van der Waals surface area contributed by atoms with E-state index in [9.17, 15) is 14.0 Å². The first-order chi connectivity index (χ1) is 18.7. The number of pyridine rings is 1. The smallest absolute Gasteiger partial charge is 0.338 e. The lowest BCUT2D eigenvalue weighted by atomic mass is 9.95. The van der Waals surface area contributed by atoms with E-state index < -0.39 is 23.7 Å². The van der Waals surface area contributed by atoms with Crippen molar-refractivity contribution < 1.29 is 23.1 Å². The van der Waals surface area contributed by atoms with Gasteiger partial charge in [-0.2, -0.15) is 4.98 Å². The van der Waals surface area contributed by atoms with Gasteiger partial charge in [-0.05, 0) is 49.7 Å². The molecule has 1 atom stereocenters. The number of halogens is 2. The Morgan fingerprint density at radius 2 is 1.95 bits per heavy atom. The van der Waals surface area contributed by atoms with Gasteiger partial charge >= 0.3 is 12.0 Å². The van der Waals surface area contributed by atoms with Gasteiger partial charge < -0.3 is 19.8 Å². The summed E-state index contributed by atoms with van der Waals surface area (Å²) >= 11 is 6.59. The highest BCUT2D eigenvalue weighted by atomic mass is 35.5. The highest BCUT2D eigenvalue weighted by molar-refractivity contribution is 6.31. The fourth-order valence-electron chi connectivity index (χ4n) is 4.09. The van der Waals surface area contributed by atoms with Gasteiger partial charge in [-0.25, -0.2) is 19.2 Å². The van der Waals surface area contributed by atoms with Crippen LogP contribution in [0.5, 0.6) is 0 Å². The lowest BCUT2D eigenvalue weighted by Gasteiger charge is -2.27. The summed E-state index contributed by atoms with van der Waals surface area (Å²) in [6.45, 7) is 3.61. The van der Waals surface area contributed by atoms with Crippen molar-refractivity contribution >= 4 is 52.4 Å². The summed E-state index contributed by atoms with van der Waals surface area (Å²) in [4.78, 5) is 38.6. The number of anilines is 2. The number of aromatic nitrogens is 2. The van der Waals surface area contributed by atoms with Crippen molar-refractivity contribution in [1.29, 1.82) is 0 Å². The highest BCUT2D eigenvalue weighted by Crippen LogP contribution is 2.36. The zero-order valence-electron chi connectivity index (χ0n) is 21.0. The zero-order chi connectivity index (χ0) is 27.7. The van der Waals surface area contributed by atoms with E-state index in [1.54, 1.807) is 19.1 Å². The van der Waals surface area contributed by atoms with Crippen LogP contribution < -0.4 is 16.0 Å². The molecule has 198 valence electrons. The van der Waals surface area contributed by atoms with Crippen molar-refractivity contribution in [2.24, 2.45) is 4.99 Å². The molecule has 5 rings (SSSR count). The summed E-state index contributed by atoms with van der Waals surface area (Å²) in [6.07, 6.45) is 1.39. The number of amides is 1. The molecule has 3 N–H and O–H groups in total. The van der Waals surface area contributed by atoms with Crippen LogP contribution in [-0.4, -0.2) is 34.9 Å². The van der Waals surface area contributed by atoms with E-state index in [-0.39, 0.29) is 34.5 Å². The summed E-state index contributed by atoms with van der Waals surface area (Å²) < 4.78 is 23.9. The molecule has 0 aliphatic carbocycles. The maximum absolute atomic E-state index is 13.6. The van der Waals surface area contributed by atoms with Crippen LogP contribution in [-0.2, 0) is 9.53 Å². The van der Waals surface area contributed by atoms with Crippen LogP contribution in [0.15, 0.2) is 75.4 Å². The number of esters is 1. The normalized spacial score (nSPS) is 15.0. The maximum Gasteiger partial charge on any atom is 0.338 e. The lowest BCUT2D eigenvalue weighted by Crippen LogP contribution is -2.37. The third-order valence-corrected chi connectivity index (χ3v) is 6.26. The number of allylic oxidation sites excluding steroid dienone is 1. The zero-order valence-corrected chi connectivity index (χ0v) is 21.8. The molecule has 1 unspecified atom stereocenters. The van der Waals surface area contributed by atoms with Crippen molar-refractivity contribution in [3.05, 3.63) is 93.5 Å². The van der Waals surface area contributed by atoms with Crippen LogP contribution in [0.3, 0.4) is 0 Å². The number of nitrogens with zero attached hydrogens (tertiary/aromatic N) is 3. The number of hydrogen-bond donors (Lipinski definition) is 3. The van der Waals surface area contributed by atoms with Crippen LogP contribution in [0.1, 0.15) is 34.5 Å². The molecule has 2 aromatic heterocycles. The minimum Gasteiger partial charge on any atom is -0.465 e. The maximum atomic E-state index is 13.6. The second-order valence-corrected chi connectivity index (χ2v) is 9.11. The third kappa shape index (κ3) is 5.43. The Labute approximate surface area is 227 Å². The van der Waals surface area contributed by atoms with E-state index in [1.165, 1.54) is 43.6 Å². The quantitative estimate of drug-likeness (QED) is 0.292. The van der Waals surface area contributed by atoms with Gasteiger partial charge in [0.1, 0.15) is 23.2 Å². The summed E-state index contributed by atoms with van der Waals surface area (Å²) in [5.41, 5.74) is 3.23. The van der Waals surface area contributed by atoms with Gasteiger partial charge in [0.05, 0.1) is 18.2 Å². The number of aliphatic imine (C=N–C) groups is 1. The van der Waals surface area contributed by atoms with E-state index in [1.807, 2.05) is 13.0 Å². The predicted octanol–water partition coefficient (Wildman–Crippen LogP) is 5.14. The summed E-state index contributed by atoms with van der Waals surface area (Å²) in [7, 11) is 1.27. The average molecular weight is 549 g/mol. The number of hydrogen-bond acceptors (Lipinski definition) is 9. The Morgan fingerprint density at radius 1 is 1.13 bits per heavy atom. The summed E-state index contributed by atoms with van der Waals surface area (Å²) in [5, 5.41) is 9.15. The van der Waals surface area contributed by atoms with Gasteiger partial charge in [0, 0.05) is 28.5 Å². The number of oxazole rings is 1. The van der Waals surface area contributed by atoms with Gasteiger partial charge in [-0.1, -0.05) is 23.7 Å². The van der Waals surface area contributed by atoms with E-state index in [4.69, 9.17) is 25.7 Å². The molecule has 12 heteroatoms. The van der Waals surface area contributed by atoms with Crippen LogP contribution in [0.2, 0.25) is 5.02 Å². The first-order valence-electron chi connectivity index (χ1n) is 11.7. The first-order valence-corrected chi connectivity index (χ1v) is 12.1. The number of aryl methyl sites for hydroxylation is 1. The highest BCUT2D eigenvalue weighted by Gasteiger charge is 2.31. The molecule has 0 radical (unpaired) electrons. The van der Waals surface area contributed by atoms with Crippen LogP contribution >= 0.6 is 11.6 Å². The van der Waals surface area contributed by atoms with Crippen molar-refractivity contribution in [2.45, 2.75) is 19.9 Å². The number of nitrogens with one attached hydrogen (secondary N) is 3. The van der Waals surface area contributed by atoms with Crippen molar-refractivity contribution in [3.8, 4) is 0 Å². The third-order valence-electron chi connectivity index (χ3n) is 5.94. The van der Waals surface area contributed by atoms with Crippen molar-refractivity contribution in [1.82, 2.24) is 15.3 Å². The Hall–Kier alpha value is -4.77. The second-order valence-electron chi connectivity index (χ2n) is 8.70. The monoisotopic (exact) mass is 548 g/mol. The largest absolute Gasteiger partial charge is 0.465 e. The fraction of sp³-hybridized carbons (Fsp3) is 0.148. The minimum atomic E-state index is -0.826. The summed E-state index contributed by atoms with van der Waals surface area (Å²) in [5.74, 6) is -1.12. The minimum absolute atomic E-state index is 0.0835. The van der Waals surface area contributed by atoms with Crippen LogP contribution in [0.4, 0.5) is 16.2 Å². The number of ether oxygens (including phenoxy) is 1. The predicted molar refractivity (Wildman–Crippen MR) is 144 cm³/mol. The number of guanidine groups is 1. The molecule has 0 saturated heterocycles. The Balaban J connectivity index is 1.49. The van der Waals surface area contributed by atoms with Crippen molar-refractivity contribution in [2.75, 3.05) is 17.7 Å². The number of methoxy groups -OCH3 is 1. The fourth-order valence-corrected chi connectivity index (χ4v) is 4.43. The van der Waals surface area contributed by atoms with Crippen molar-refractivity contribution in [3.63, 3.8) is 0 Å². The van der Waals surface area contributed by atoms with Crippen LogP contribution in [0, 0.1) is 12.7 Å². The number of rotatable bonds is 5. The van der Waals surface area contributed by atoms with E-state index in [0.29, 0.717) is 21.8 Å². The molecule has 0 saturated carbocycles. The second kappa shape index (κ2) is 10.5. The molecule has 0 fully saturated rings. The SMILES string of the molecule is COC(=O)c1ccnc(NC(=O)C2=C(C)NC(Nc3nc4ccc(F)cc4o3)=NC2c2ccc(C)cc2Cl)c1. The Morgan fingerprint density at radius 3 is 2.72 bits per heavy atom. The molecule has 1 aliphatic heterocycles. The molecule has 39 heavy (non-hydrogen) atoms. The van der Waals surface area contributed by atoms with E-state index in [0.717, 1.165) is 5.56 Å². The van der Waals surface area contributed by atoms with Gasteiger partial charge in [-0.15, -0.1) is 0 Å². The Bertz CT molecular complexity index is 1680. The number of benzene rings is 2. The number of fused-ring (bicyclic) bond motifs is 1. The van der Waals surface area contributed by atoms with Gasteiger partial charge in [0.2, 0.25) is 5.96 Å². The molecule has 2 aromatic carbocycles. The standard InChI is InChI=1S/C27H22ClFN6O4/c1-13-4-6-17(18(28)10-13)23-22(24(36)33-21-11-15(8-9-30-21)25(37)38-3)14(2)31-26(34-23)35-27-32-19-7-5-16(29)12-20(19)39-27/h4-12,23H,1-3H3,(H,30,33,36)(H2,31,32,34,35). The molecule has 4 aromatic rings. The molecule has 1 amide bonds. The van der Waals surface area contributed by atoms with Crippen LogP contribution in [0.25, 0.3) is 11.1 Å². The molecule has 0 bridgehead atoms. The van der Waals surface area contributed by atoms with E-state index in [2.05, 4.69) is 25.9 Å². The molecular weight excluding hydrogens is 527 g/mol. The molecule has 10 nitrogen and oxygen atoms in total. The van der Waals surface area contributed by atoms with Gasteiger partial charge in [0.15, 0.2) is 5.58 Å². The van der Waals surface area contributed by atoms with E-state index >= 15 is 0 Å². The topological polar surface area (TPSA) is 131 Å². The lowest BCUT2D eigenvalue weighted by molar-refractivity contribution is -0.113. The first kappa shape index (κ1) is 25.9. The number of carbonyl (C=O) groups excluding carboxylic acids is 2. The molecule has 0 spiro atoms. The molecule has 1 aliphatic rings. The number of carbonyl (C=O) groups is 2.